The van der Waals surface area contributed by atoms with Crippen LogP contribution in [0.25, 0.3) is 33.4 Å². The van der Waals surface area contributed by atoms with Crippen molar-refractivity contribution < 1.29 is 29.2 Å². The van der Waals surface area contributed by atoms with Gasteiger partial charge < -0.3 is 29.2 Å². The Hall–Kier alpha value is -5.24. The number of ether oxygens (including phenoxy) is 4. The predicted molar refractivity (Wildman–Crippen MR) is 211 cm³/mol. The SMILES string of the molecule is CC(O)COCCOc1ccc(C2(c3ccc(OCCOCC(C)O)c(-c4ccccc4)c3)c3ccccc3-c3ccccc32)cc1-c1ccccc1. The summed E-state index contributed by atoms with van der Waals surface area (Å²) in [6, 6.07) is 51.3. The Morgan fingerprint density at radius 1 is 0.453 bits per heavy atom. The summed E-state index contributed by atoms with van der Waals surface area (Å²) in [6.45, 7) is 5.40. The number of hydrogen-bond donors (Lipinski definition) is 2. The van der Waals surface area contributed by atoms with Gasteiger partial charge in [0.15, 0.2) is 0 Å². The fourth-order valence-corrected chi connectivity index (χ4v) is 7.42. The van der Waals surface area contributed by atoms with E-state index in [0.717, 1.165) is 44.9 Å². The van der Waals surface area contributed by atoms with Gasteiger partial charge in [-0.1, -0.05) is 121 Å². The molecule has 2 N–H and O–H groups in total. The first-order chi connectivity index (χ1) is 26.0. The molecular weight excluding hydrogens is 661 g/mol. The van der Waals surface area contributed by atoms with E-state index in [1.807, 2.05) is 36.4 Å². The fourth-order valence-electron chi connectivity index (χ4n) is 7.42. The third kappa shape index (κ3) is 7.64. The van der Waals surface area contributed by atoms with Gasteiger partial charge in [0.25, 0.3) is 0 Å². The molecule has 53 heavy (non-hydrogen) atoms. The monoisotopic (exact) mass is 706 g/mol. The van der Waals surface area contributed by atoms with Crippen LogP contribution in [-0.2, 0) is 14.9 Å². The van der Waals surface area contributed by atoms with E-state index in [-0.39, 0.29) is 13.2 Å². The predicted octanol–water partition coefficient (Wildman–Crippen LogP) is 8.94. The van der Waals surface area contributed by atoms with Gasteiger partial charge in [-0.3, -0.25) is 0 Å². The molecule has 0 saturated heterocycles. The summed E-state index contributed by atoms with van der Waals surface area (Å²) < 4.78 is 24.0. The summed E-state index contributed by atoms with van der Waals surface area (Å²) in [5, 5.41) is 19.3. The third-order valence-electron chi connectivity index (χ3n) is 9.64. The molecular formula is C47H46O6. The molecule has 1 aliphatic carbocycles. The lowest BCUT2D eigenvalue weighted by Crippen LogP contribution is -2.29. The molecule has 0 aliphatic heterocycles. The van der Waals surface area contributed by atoms with Crippen LogP contribution in [0.5, 0.6) is 11.5 Å². The van der Waals surface area contributed by atoms with E-state index in [2.05, 4.69) is 109 Å². The smallest absolute Gasteiger partial charge is 0.127 e. The van der Waals surface area contributed by atoms with Gasteiger partial charge in [-0.2, -0.15) is 0 Å². The molecule has 270 valence electrons. The number of aliphatic hydroxyl groups is 2. The minimum atomic E-state index is -0.669. The number of fused-ring (bicyclic) bond motifs is 3. The molecule has 0 heterocycles. The molecule has 0 bridgehead atoms. The first-order valence-corrected chi connectivity index (χ1v) is 18.3. The largest absolute Gasteiger partial charge is 0.491 e. The first kappa shape index (κ1) is 36.1. The zero-order chi connectivity index (χ0) is 36.6. The van der Waals surface area contributed by atoms with E-state index in [1.165, 1.54) is 22.3 Å². The summed E-state index contributed by atoms with van der Waals surface area (Å²) >= 11 is 0. The molecule has 0 spiro atoms. The molecule has 2 atom stereocenters. The van der Waals surface area contributed by atoms with E-state index in [9.17, 15) is 10.2 Å². The van der Waals surface area contributed by atoms with Crippen molar-refractivity contribution in [1.29, 1.82) is 0 Å². The van der Waals surface area contributed by atoms with Crippen LogP contribution >= 0.6 is 0 Å². The molecule has 0 amide bonds. The van der Waals surface area contributed by atoms with E-state index < -0.39 is 17.6 Å². The molecule has 6 nitrogen and oxygen atoms in total. The van der Waals surface area contributed by atoms with E-state index >= 15 is 0 Å². The van der Waals surface area contributed by atoms with Gasteiger partial charge >= 0.3 is 0 Å². The van der Waals surface area contributed by atoms with E-state index in [4.69, 9.17) is 18.9 Å². The van der Waals surface area contributed by atoms with Gasteiger partial charge in [0.2, 0.25) is 0 Å². The molecule has 0 fully saturated rings. The second kappa shape index (κ2) is 16.6. The highest BCUT2D eigenvalue weighted by atomic mass is 16.5. The minimum Gasteiger partial charge on any atom is -0.491 e. The highest BCUT2D eigenvalue weighted by molar-refractivity contribution is 5.88. The number of hydrogen-bond acceptors (Lipinski definition) is 6. The molecule has 0 aromatic heterocycles. The van der Waals surface area contributed by atoms with Crippen molar-refractivity contribution in [1.82, 2.24) is 0 Å². The van der Waals surface area contributed by atoms with Gasteiger partial charge in [-0.15, -0.1) is 0 Å². The molecule has 2 unspecified atom stereocenters. The topological polar surface area (TPSA) is 77.4 Å². The molecule has 7 rings (SSSR count). The molecule has 6 aromatic carbocycles. The number of rotatable bonds is 16. The zero-order valence-corrected chi connectivity index (χ0v) is 30.3. The zero-order valence-electron chi connectivity index (χ0n) is 30.3. The average Bonchev–Trinajstić information content (AvgIpc) is 3.49. The fraction of sp³-hybridized carbons (Fsp3) is 0.234. The Morgan fingerprint density at radius 2 is 0.849 bits per heavy atom. The van der Waals surface area contributed by atoms with Crippen molar-refractivity contribution in [3.63, 3.8) is 0 Å². The van der Waals surface area contributed by atoms with Crippen LogP contribution in [0, 0.1) is 0 Å². The van der Waals surface area contributed by atoms with Crippen molar-refractivity contribution >= 4 is 0 Å². The van der Waals surface area contributed by atoms with Crippen molar-refractivity contribution in [3.8, 4) is 44.9 Å². The Balaban J connectivity index is 1.40. The lowest BCUT2D eigenvalue weighted by atomic mass is 9.67. The Bertz CT molecular complexity index is 1960. The number of benzene rings is 6. The Labute approximate surface area is 312 Å². The van der Waals surface area contributed by atoms with Gasteiger partial charge in [-0.05, 0) is 82.6 Å². The van der Waals surface area contributed by atoms with Crippen LogP contribution in [0.2, 0.25) is 0 Å². The van der Waals surface area contributed by atoms with Crippen molar-refractivity contribution in [2.75, 3.05) is 39.6 Å². The summed E-state index contributed by atoms with van der Waals surface area (Å²) in [5.41, 5.74) is 10.5. The minimum absolute atomic E-state index is 0.265. The van der Waals surface area contributed by atoms with Crippen LogP contribution in [0.15, 0.2) is 146 Å². The van der Waals surface area contributed by atoms with E-state index in [0.29, 0.717) is 26.4 Å². The van der Waals surface area contributed by atoms with Crippen LogP contribution in [-0.4, -0.2) is 62.1 Å². The van der Waals surface area contributed by atoms with Gasteiger partial charge in [0, 0.05) is 11.1 Å². The summed E-state index contributed by atoms with van der Waals surface area (Å²) in [7, 11) is 0. The maximum atomic E-state index is 9.64. The number of aliphatic hydroxyl groups excluding tert-OH is 2. The van der Waals surface area contributed by atoms with Crippen molar-refractivity contribution in [2.24, 2.45) is 0 Å². The van der Waals surface area contributed by atoms with Crippen LogP contribution in [0.4, 0.5) is 0 Å². The lowest BCUT2D eigenvalue weighted by Gasteiger charge is -2.35. The summed E-state index contributed by atoms with van der Waals surface area (Å²) in [4.78, 5) is 0. The molecule has 0 saturated carbocycles. The van der Waals surface area contributed by atoms with Gasteiger partial charge in [0.1, 0.15) is 24.7 Å². The molecule has 0 radical (unpaired) electrons. The second-order valence-electron chi connectivity index (χ2n) is 13.5. The second-order valence-corrected chi connectivity index (χ2v) is 13.5. The van der Waals surface area contributed by atoms with Crippen LogP contribution in [0.3, 0.4) is 0 Å². The standard InChI is InChI=1S/C47H46O6/c1-33(48)31-50-25-27-52-45-23-21-37(29-41(45)35-13-5-3-6-14-35)47(43-19-11-9-17-39(43)40-18-10-12-20-44(40)47)38-22-24-46(53-28-26-51-32-34(2)49)42(30-38)36-15-7-4-8-16-36/h3-24,29-30,33-34,48-49H,25-28,31-32H2,1-2H3. The molecule has 6 heteroatoms. The third-order valence-corrected chi connectivity index (χ3v) is 9.64. The summed E-state index contributed by atoms with van der Waals surface area (Å²) in [6.07, 6.45) is -1.05. The lowest BCUT2D eigenvalue weighted by molar-refractivity contribution is 0.0329. The highest BCUT2D eigenvalue weighted by Gasteiger charge is 2.46. The van der Waals surface area contributed by atoms with Crippen LogP contribution in [0.1, 0.15) is 36.1 Å². The summed E-state index contributed by atoms with van der Waals surface area (Å²) in [5.74, 6) is 1.53. The quantitative estimate of drug-likeness (QED) is 0.0978. The molecule has 6 aromatic rings. The van der Waals surface area contributed by atoms with Gasteiger partial charge in [0.05, 0.1) is 44.1 Å². The maximum Gasteiger partial charge on any atom is 0.127 e. The Kier molecular flexibility index (Phi) is 11.3. The normalized spacial score (nSPS) is 13.9. The van der Waals surface area contributed by atoms with Crippen molar-refractivity contribution in [2.45, 2.75) is 31.5 Å². The van der Waals surface area contributed by atoms with Crippen LogP contribution < -0.4 is 9.47 Å². The van der Waals surface area contributed by atoms with E-state index in [1.54, 1.807) is 13.8 Å². The highest BCUT2D eigenvalue weighted by Crippen LogP contribution is 2.57. The average molecular weight is 707 g/mol. The van der Waals surface area contributed by atoms with Crippen molar-refractivity contribution in [3.05, 3.63) is 168 Å². The maximum absolute atomic E-state index is 9.64. The first-order valence-electron chi connectivity index (χ1n) is 18.3. The molecule has 1 aliphatic rings. The Morgan fingerprint density at radius 3 is 1.26 bits per heavy atom. The van der Waals surface area contributed by atoms with Gasteiger partial charge in [-0.25, -0.2) is 0 Å².